The zero-order valence-electron chi connectivity index (χ0n) is 12.1. The van der Waals surface area contributed by atoms with Crippen LogP contribution < -0.4 is 15.4 Å². The van der Waals surface area contributed by atoms with Crippen molar-refractivity contribution in [1.82, 2.24) is 5.32 Å². The Morgan fingerprint density at radius 2 is 2.32 bits per heavy atom. The number of carbonyl (C=O) groups is 2. The lowest BCUT2D eigenvalue weighted by atomic mass is 10.0. The summed E-state index contributed by atoms with van der Waals surface area (Å²) in [6.07, 6.45) is 1.58. The molecule has 22 heavy (non-hydrogen) atoms. The molecule has 1 heterocycles. The third kappa shape index (κ3) is 3.72. The Kier molecular flexibility index (Phi) is 4.92. The quantitative estimate of drug-likeness (QED) is 0.634. The lowest BCUT2D eigenvalue weighted by Crippen LogP contribution is -2.46. The smallest absolute Gasteiger partial charge is 0.271 e. The Morgan fingerprint density at radius 3 is 2.95 bits per heavy atom. The van der Waals surface area contributed by atoms with Crippen LogP contribution in [0.2, 0.25) is 0 Å². The molecule has 1 atom stereocenters. The van der Waals surface area contributed by atoms with E-state index >= 15 is 0 Å². The topological polar surface area (TPSA) is 111 Å². The number of amides is 2. The third-order valence-electron chi connectivity index (χ3n) is 3.28. The number of piperidine rings is 1. The molecule has 1 aromatic rings. The third-order valence-corrected chi connectivity index (χ3v) is 3.28. The SMILES string of the molecule is CCOc1ccc([N+](=O)[O-])cc1NC(=O)C1CCCC(=O)N1. The molecule has 2 amide bonds. The number of nitrogens with one attached hydrogen (secondary N) is 2. The second-order valence-electron chi connectivity index (χ2n) is 4.87. The highest BCUT2D eigenvalue weighted by Gasteiger charge is 2.25. The van der Waals surface area contributed by atoms with Gasteiger partial charge >= 0.3 is 0 Å². The van der Waals surface area contributed by atoms with Crippen LogP contribution in [0.3, 0.4) is 0 Å². The zero-order chi connectivity index (χ0) is 16.1. The number of hydrogen-bond acceptors (Lipinski definition) is 5. The van der Waals surface area contributed by atoms with Crippen LogP contribution in [0.15, 0.2) is 18.2 Å². The average molecular weight is 307 g/mol. The number of carbonyl (C=O) groups excluding carboxylic acids is 2. The number of nitro groups is 1. The summed E-state index contributed by atoms with van der Waals surface area (Å²) in [6, 6.07) is 3.36. The predicted molar refractivity (Wildman–Crippen MR) is 78.7 cm³/mol. The summed E-state index contributed by atoms with van der Waals surface area (Å²) in [5.74, 6) is -0.228. The van der Waals surface area contributed by atoms with E-state index in [2.05, 4.69) is 10.6 Å². The molecule has 8 nitrogen and oxygen atoms in total. The molecule has 1 saturated heterocycles. The molecular formula is C14H17N3O5. The Morgan fingerprint density at radius 1 is 1.55 bits per heavy atom. The Hall–Kier alpha value is -2.64. The normalized spacial score (nSPS) is 17.5. The molecule has 1 aromatic carbocycles. The molecule has 1 unspecified atom stereocenters. The van der Waals surface area contributed by atoms with Crippen LogP contribution >= 0.6 is 0 Å². The van der Waals surface area contributed by atoms with Crippen molar-refractivity contribution < 1.29 is 19.2 Å². The lowest BCUT2D eigenvalue weighted by molar-refractivity contribution is -0.384. The van der Waals surface area contributed by atoms with Crippen LogP contribution in [0, 0.1) is 10.1 Å². The summed E-state index contributed by atoms with van der Waals surface area (Å²) in [6.45, 7) is 2.13. The van der Waals surface area contributed by atoms with Gasteiger partial charge in [0.1, 0.15) is 11.8 Å². The molecule has 0 spiro atoms. The minimum Gasteiger partial charge on any atom is -0.492 e. The molecule has 1 aliphatic rings. The van der Waals surface area contributed by atoms with Gasteiger partial charge in [0.2, 0.25) is 11.8 Å². The molecule has 0 saturated carbocycles. The molecule has 0 aliphatic carbocycles. The molecule has 1 fully saturated rings. The van der Waals surface area contributed by atoms with Crippen molar-refractivity contribution in [3.05, 3.63) is 28.3 Å². The lowest BCUT2D eigenvalue weighted by Gasteiger charge is -2.22. The highest BCUT2D eigenvalue weighted by Crippen LogP contribution is 2.29. The maximum atomic E-state index is 12.2. The number of hydrogen-bond donors (Lipinski definition) is 2. The van der Waals surface area contributed by atoms with Crippen LogP contribution in [0.25, 0.3) is 0 Å². The van der Waals surface area contributed by atoms with Gasteiger partial charge in [0.15, 0.2) is 0 Å². The second-order valence-corrected chi connectivity index (χ2v) is 4.87. The first kappa shape index (κ1) is 15.7. The van der Waals surface area contributed by atoms with Crippen molar-refractivity contribution in [1.29, 1.82) is 0 Å². The average Bonchev–Trinajstić information content (AvgIpc) is 2.49. The maximum absolute atomic E-state index is 12.2. The minimum atomic E-state index is -0.630. The van der Waals surface area contributed by atoms with Gasteiger partial charge in [-0.2, -0.15) is 0 Å². The van der Waals surface area contributed by atoms with Gasteiger partial charge in [0, 0.05) is 18.6 Å². The van der Waals surface area contributed by atoms with Crippen molar-refractivity contribution in [3.63, 3.8) is 0 Å². The summed E-state index contributed by atoms with van der Waals surface area (Å²) in [7, 11) is 0. The summed E-state index contributed by atoms with van der Waals surface area (Å²) in [5.41, 5.74) is 0.0762. The van der Waals surface area contributed by atoms with Crippen molar-refractivity contribution in [2.24, 2.45) is 0 Å². The molecule has 1 aliphatic heterocycles. The molecule has 118 valence electrons. The van der Waals surface area contributed by atoms with E-state index in [9.17, 15) is 19.7 Å². The predicted octanol–water partition coefficient (Wildman–Crippen LogP) is 1.60. The van der Waals surface area contributed by atoms with E-state index in [0.717, 1.165) is 0 Å². The van der Waals surface area contributed by atoms with Crippen LogP contribution in [-0.2, 0) is 9.59 Å². The van der Waals surface area contributed by atoms with Crippen molar-refractivity contribution in [2.75, 3.05) is 11.9 Å². The van der Waals surface area contributed by atoms with E-state index in [-0.39, 0.29) is 17.3 Å². The Bertz CT molecular complexity index is 602. The van der Waals surface area contributed by atoms with Crippen LogP contribution in [0.5, 0.6) is 5.75 Å². The van der Waals surface area contributed by atoms with Crippen LogP contribution in [0.4, 0.5) is 11.4 Å². The summed E-state index contributed by atoms with van der Waals surface area (Å²) in [5, 5.41) is 16.0. The number of nitro benzene ring substituents is 1. The number of benzene rings is 1. The summed E-state index contributed by atoms with van der Waals surface area (Å²) < 4.78 is 5.36. The summed E-state index contributed by atoms with van der Waals surface area (Å²) in [4.78, 5) is 33.8. The van der Waals surface area contributed by atoms with E-state index in [4.69, 9.17) is 4.74 Å². The van der Waals surface area contributed by atoms with E-state index < -0.39 is 16.9 Å². The minimum absolute atomic E-state index is 0.147. The van der Waals surface area contributed by atoms with E-state index in [1.54, 1.807) is 6.92 Å². The van der Waals surface area contributed by atoms with Crippen molar-refractivity contribution >= 4 is 23.2 Å². The monoisotopic (exact) mass is 307 g/mol. The first-order chi connectivity index (χ1) is 10.5. The number of nitrogens with zero attached hydrogens (tertiary/aromatic N) is 1. The highest BCUT2D eigenvalue weighted by molar-refractivity contribution is 5.99. The number of rotatable bonds is 5. The van der Waals surface area contributed by atoms with Gasteiger partial charge in [-0.05, 0) is 25.8 Å². The van der Waals surface area contributed by atoms with Gasteiger partial charge in [-0.1, -0.05) is 0 Å². The molecular weight excluding hydrogens is 290 g/mol. The zero-order valence-corrected chi connectivity index (χ0v) is 12.1. The van der Waals surface area contributed by atoms with Gasteiger partial charge in [-0.15, -0.1) is 0 Å². The first-order valence-electron chi connectivity index (χ1n) is 7.02. The van der Waals surface area contributed by atoms with Gasteiger partial charge in [-0.3, -0.25) is 19.7 Å². The molecule has 0 aromatic heterocycles. The van der Waals surface area contributed by atoms with Crippen LogP contribution in [0.1, 0.15) is 26.2 Å². The van der Waals surface area contributed by atoms with E-state index in [1.807, 2.05) is 0 Å². The second kappa shape index (κ2) is 6.88. The summed E-state index contributed by atoms with van der Waals surface area (Å²) >= 11 is 0. The highest BCUT2D eigenvalue weighted by atomic mass is 16.6. The van der Waals surface area contributed by atoms with Crippen molar-refractivity contribution in [3.8, 4) is 5.75 Å². The van der Waals surface area contributed by atoms with E-state index in [1.165, 1.54) is 18.2 Å². The van der Waals surface area contributed by atoms with Gasteiger partial charge in [-0.25, -0.2) is 0 Å². The molecule has 0 radical (unpaired) electrons. The molecule has 0 bridgehead atoms. The molecule has 2 rings (SSSR count). The van der Waals surface area contributed by atoms with Gasteiger partial charge in [0.25, 0.3) is 5.69 Å². The fourth-order valence-electron chi connectivity index (χ4n) is 2.23. The number of ether oxygens (including phenoxy) is 1. The van der Waals surface area contributed by atoms with Gasteiger partial charge in [0.05, 0.1) is 17.2 Å². The fraction of sp³-hybridized carbons (Fsp3) is 0.429. The largest absolute Gasteiger partial charge is 0.492 e. The molecule has 8 heteroatoms. The van der Waals surface area contributed by atoms with Crippen molar-refractivity contribution in [2.45, 2.75) is 32.2 Å². The number of anilines is 1. The number of non-ortho nitro benzene ring substituents is 1. The maximum Gasteiger partial charge on any atom is 0.271 e. The Labute approximate surface area is 127 Å². The Balaban J connectivity index is 2.18. The van der Waals surface area contributed by atoms with Crippen LogP contribution in [-0.4, -0.2) is 29.4 Å². The fourth-order valence-corrected chi connectivity index (χ4v) is 2.23. The standard InChI is InChI=1S/C14H17N3O5/c1-2-22-12-7-6-9(17(20)21)8-11(12)16-14(19)10-4-3-5-13(18)15-10/h6-8,10H,2-5H2,1H3,(H,15,18)(H,16,19). The molecule has 2 N–H and O–H groups in total. The van der Waals surface area contributed by atoms with E-state index in [0.29, 0.717) is 31.6 Å². The first-order valence-corrected chi connectivity index (χ1v) is 7.02. The van der Waals surface area contributed by atoms with Gasteiger partial charge < -0.3 is 15.4 Å².